The van der Waals surface area contributed by atoms with Crippen molar-refractivity contribution in [2.75, 3.05) is 45.3 Å². The number of carbonyl (C=O) groups excluding carboxylic acids is 1. The number of rotatable bonds is 9. The summed E-state index contributed by atoms with van der Waals surface area (Å²) in [6.07, 6.45) is 2.05. The summed E-state index contributed by atoms with van der Waals surface area (Å²) in [5.74, 6) is 1.42. The van der Waals surface area contributed by atoms with Crippen molar-refractivity contribution in [1.82, 2.24) is 14.7 Å². The Kier molecular flexibility index (Phi) is 10.3. The van der Waals surface area contributed by atoms with E-state index >= 15 is 0 Å². The van der Waals surface area contributed by atoms with E-state index in [-0.39, 0.29) is 5.82 Å². The fourth-order valence-corrected chi connectivity index (χ4v) is 4.09. The predicted octanol–water partition coefficient (Wildman–Crippen LogP) is 4.72. The minimum Gasteiger partial charge on any atom is -0.476 e. The molecule has 9 heteroatoms. The minimum atomic E-state index is -0.632. The van der Waals surface area contributed by atoms with Crippen molar-refractivity contribution < 1.29 is 18.7 Å². The van der Waals surface area contributed by atoms with Crippen molar-refractivity contribution in [3.8, 4) is 11.6 Å². The number of nitrogens with two attached hydrogens (primary N) is 1. The summed E-state index contributed by atoms with van der Waals surface area (Å²) >= 11 is 0. The molecule has 1 aromatic heterocycles. The van der Waals surface area contributed by atoms with Gasteiger partial charge in [-0.2, -0.15) is 0 Å². The van der Waals surface area contributed by atoms with Crippen LogP contribution >= 0.6 is 0 Å². The van der Waals surface area contributed by atoms with Gasteiger partial charge in [0, 0.05) is 20.2 Å². The highest BCUT2D eigenvalue weighted by atomic mass is 19.1. The van der Waals surface area contributed by atoms with Crippen LogP contribution in [0.2, 0.25) is 0 Å². The maximum Gasteiger partial charge on any atom is 0.317 e. The highest BCUT2D eigenvalue weighted by Gasteiger charge is 2.23. The number of methoxy groups -OCH3 is 1. The van der Waals surface area contributed by atoms with Crippen LogP contribution in [0.4, 0.5) is 15.0 Å². The van der Waals surface area contributed by atoms with E-state index in [0.29, 0.717) is 24.2 Å². The first-order valence-corrected chi connectivity index (χ1v) is 12.2. The van der Waals surface area contributed by atoms with Gasteiger partial charge in [0.2, 0.25) is 5.88 Å². The predicted molar refractivity (Wildman–Crippen MR) is 139 cm³/mol. The van der Waals surface area contributed by atoms with Gasteiger partial charge in [-0.15, -0.1) is 5.10 Å². The molecular formula is C27H36FN5O3. The zero-order valence-corrected chi connectivity index (χ0v) is 21.2. The molecule has 1 aliphatic rings. The number of para-hydroxylation sites is 1. The first-order valence-electron chi connectivity index (χ1n) is 12.2. The summed E-state index contributed by atoms with van der Waals surface area (Å²) in [7, 11) is 1.73. The number of likely N-dealkylation sites (tertiary alicyclic amines) is 1. The van der Waals surface area contributed by atoms with E-state index in [1.54, 1.807) is 23.9 Å². The number of ether oxygens (including phenoxy) is 2. The number of urea groups is 1. The Morgan fingerprint density at radius 1 is 1.17 bits per heavy atom. The third-order valence-corrected chi connectivity index (χ3v) is 5.99. The fraction of sp³-hybridized carbons (Fsp3) is 0.407. The monoisotopic (exact) mass is 497 g/mol. The average molecular weight is 498 g/mol. The molecule has 2 amide bonds. The van der Waals surface area contributed by atoms with Crippen LogP contribution in [0, 0.1) is 12.7 Å². The smallest absolute Gasteiger partial charge is 0.317 e. The molecule has 2 heterocycles. The molecule has 194 valence electrons. The molecule has 1 fully saturated rings. The lowest BCUT2D eigenvalue weighted by Crippen LogP contribution is -2.24. The minimum absolute atomic E-state index is 0.155. The van der Waals surface area contributed by atoms with E-state index in [2.05, 4.69) is 15.3 Å². The van der Waals surface area contributed by atoms with Gasteiger partial charge < -0.3 is 20.1 Å². The Morgan fingerprint density at radius 3 is 2.53 bits per heavy atom. The van der Waals surface area contributed by atoms with E-state index in [4.69, 9.17) is 15.2 Å². The van der Waals surface area contributed by atoms with Crippen molar-refractivity contribution >= 4 is 11.8 Å². The van der Waals surface area contributed by atoms with Crippen LogP contribution < -0.4 is 15.8 Å². The maximum absolute atomic E-state index is 12.8. The quantitative estimate of drug-likeness (QED) is 0.446. The molecular weight excluding hydrogens is 461 g/mol. The number of hydrogen-bond acceptors (Lipinski definition) is 5. The molecule has 3 N–H and O–H groups in total. The summed E-state index contributed by atoms with van der Waals surface area (Å²) in [4.78, 5) is 13.6. The lowest BCUT2D eigenvalue weighted by Gasteiger charge is -2.15. The second-order valence-electron chi connectivity index (χ2n) is 8.69. The Balaban J connectivity index is 0.000000205. The van der Waals surface area contributed by atoms with Crippen molar-refractivity contribution in [1.29, 1.82) is 0 Å². The van der Waals surface area contributed by atoms with Gasteiger partial charge in [-0.25, -0.2) is 13.9 Å². The molecule has 36 heavy (non-hydrogen) atoms. The van der Waals surface area contributed by atoms with Crippen LogP contribution in [0.25, 0.3) is 5.69 Å². The number of aromatic nitrogens is 2. The van der Waals surface area contributed by atoms with Crippen LogP contribution in [-0.2, 0) is 4.74 Å². The molecule has 1 unspecified atom stereocenters. The topological polar surface area (TPSA) is 94.6 Å². The number of nitrogens with zero attached hydrogens (tertiary/aromatic N) is 3. The van der Waals surface area contributed by atoms with Gasteiger partial charge in [0.15, 0.2) is 0 Å². The third-order valence-electron chi connectivity index (χ3n) is 5.99. The Hall–Kier alpha value is -3.43. The number of hydrogen-bond donors (Lipinski definition) is 2. The van der Waals surface area contributed by atoms with Gasteiger partial charge in [0.1, 0.15) is 11.6 Å². The summed E-state index contributed by atoms with van der Waals surface area (Å²) in [6, 6.07) is 15.8. The first-order chi connectivity index (χ1) is 17.4. The van der Waals surface area contributed by atoms with Gasteiger partial charge in [0.25, 0.3) is 0 Å². The normalized spacial score (nSPS) is 15.3. The molecule has 1 saturated heterocycles. The number of primary amides is 1. The number of anilines is 1. The van der Waals surface area contributed by atoms with E-state index in [9.17, 15) is 9.18 Å². The maximum atomic E-state index is 12.8. The molecule has 0 bridgehead atoms. The second-order valence-corrected chi connectivity index (χ2v) is 8.69. The molecule has 8 nitrogen and oxygen atoms in total. The van der Waals surface area contributed by atoms with Crippen LogP contribution in [0.3, 0.4) is 0 Å². The van der Waals surface area contributed by atoms with Gasteiger partial charge >= 0.3 is 6.03 Å². The van der Waals surface area contributed by atoms with E-state index in [1.807, 2.05) is 56.3 Å². The van der Waals surface area contributed by atoms with Gasteiger partial charge in [0.05, 0.1) is 24.5 Å². The van der Waals surface area contributed by atoms with Crippen LogP contribution in [0.15, 0.2) is 54.6 Å². The van der Waals surface area contributed by atoms with E-state index < -0.39 is 6.03 Å². The standard InChI is InChI=1S/C14H18N4O2.C13H18FNO/c1-3-9-20-13-10(2)12(16-14(15)19)18(17-13)11-7-5-4-6-8-11;1-16-9-8-15-7-6-12(10-15)11-2-4-13(14)5-3-11/h4-8H,3,9H2,1-2H3,(H3,15,16,19);2-5,12H,6-10H2,1H3. The first kappa shape index (κ1) is 27.2. The Bertz CT molecular complexity index is 1090. The lowest BCUT2D eigenvalue weighted by molar-refractivity contribution is 0.160. The zero-order valence-electron chi connectivity index (χ0n) is 21.2. The van der Waals surface area contributed by atoms with Crippen molar-refractivity contribution in [3.05, 3.63) is 71.5 Å². The molecule has 2 aromatic carbocycles. The van der Waals surface area contributed by atoms with Gasteiger partial charge in [-0.1, -0.05) is 37.3 Å². The molecule has 0 saturated carbocycles. The summed E-state index contributed by atoms with van der Waals surface area (Å²) in [5, 5.41) is 6.99. The Morgan fingerprint density at radius 2 is 1.89 bits per heavy atom. The number of halogens is 1. The summed E-state index contributed by atoms with van der Waals surface area (Å²) < 4.78 is 25.1. The van der Waals surface area contributed by atoms with Crippen LogP contribution in [0.1, 0.15) is 36.8 Å². The molecule has 1 atom stereocenters. The third kappa shape index (κ3) is 7.53. The number of benzene rings is 2. The second kappa shape index (κ2) is 13.6. The average Bonchev–Trinajstić information content (AvgIpc) is 3.47. The lowest BCUT2D eigenvalue weighted by atomic mass is 9.99. The van der Waals surface area contributed by atoms with Crippen molar-refractivity contribution in [3.63, 3.8) is 0 Å². The van der Waals surface area contributed by atoms with E-state index in [1.165, 1.54) is 5.56 Å². The van der Waals surface area contributed by atoms with E-state index in [0.717, 1.165) is 50.3 Å². The molecule has 3 aromatic rings. The Labute approximate surface area is 212 Å². The molecule has 0 spiro atoms. The van der Waals surface area contributed by atoms with Crippen molar-refractivity contribution in [2.45, 2.75) is 32.6 Å². The number of nitrogens with one attached hydrogen (secondary N) is 1. The van der Waals surface area contributed by atoms with Crippen molar-refractivity contribution in [2.24, 2.45) is 5.73 Å². The SMILES string of the molecule is CCCOc1nn(-c2ccccc2)c(NC(N)=O)c1C.COCCN1CCC(c2ccc(F)cc2)C1. The largest absolute Gasteiger partial charge is 0.476 e. The zero-order chi connectivity index (χ0) is 25.9. The number of amides is 2. The van der Waals surface area contributed by atoms with Crippen LogP contribution in [-0.4, -0.2) is 60.7 Å². The highest BCUT2D eigenvalue weighted by molar-refractivity contribution is 5.88. The van der Waals surface area contributed by atoms with Gasteiger partial charge in [-0.3, -0.25) is 5.32 Å². The number of carbonyl (C=O) groups is 1. The van der Waals surface area contributed by atoms with Gasteiger partial charge in [-0.05, 0) is 62.1 Å². The fourth-order valence-electron chi connectivity index (χ4n) is 4.09. The highest BCUT2D eigenvalue weighted by Crippen LogP contribution is 2.28. The summed E-state index contributed by atoms with van der Waals surface area (Å²) in [5.41, 5.74) is 8.04. The molecule has 1 aliphatic heterocycles. The summed E-state index contributed by atoms with van der Waals surface area (Å²) in [6.45, 7) is 8.39. The van der Waals surface area contributed by atoms with Crippen LogP contribution in [0.5, 0.6) is 5.88 Å². The molecule has 0 radical (unpaired) electrons. The molecule has 4 rings (SSSR count). The molecule has 0 aliphatic carbocycles.